The zero-order chi connectivity index (χ0) is 11.1. The monoisotopic (exact) mass is 202 g/mol. The minimum absolute atomic E-state index is 0.779. The van der Waals surface area contributed by atoms with Crippen LogP contribution in [0.1, 0.15) is 25.2 Å². The summed E-state index contributed by atoms with van der Waals surface area (Å²) in [5, 5.41) is 3.31. The van der Waals surface area contributed by atoms with Crippen LogP contribution in [0.3, 0.4) is 0 Å². The molecule has 0 aliphatic carbocycles. The van der Waals surface area contributed by atoms with Crippen LogP contribution in [-0.4, -0.2) is 4.98 Å². The number of hydrogen-bond acceptors (Lipinski definition) is 2. The Morgan fingerprint density at radius 2 is 2.27 bits per heavy atom. The van der Waals surface area contributed by atoms with Gasteiger partial charge in [0.1, 0.15) is 0 Å². The van der Waals surface area contributed by atoms with Gasteiger partial charge in [0.25, 0.3) is 0 Å². The lowest BCUT2D eigenvalue weighted by atomic mass is 10.3. The first-order valence-electron chi connectivity index (χ1n) is 5.18. The molecule has 1 aromatic heterocycles. The lowest BCUT2D eigenvalue weighted by Gasteiger charge is -2.05. The molecular formula is C13H18N2. The second-order valence-electron chi connectivity index (χ2n) is 3.50. The van der Waals surface area contributed by atoms with Crippen molar-refractivity contribution in [2.45, 2.75) is 27.3 Å². The van der Waals surface area contributed by atoms with Gasteiger partial charge in [0.15, 0.2) is 0 Å². The molecular weight excluding hydrogens is 184 g/mol. The van der Waals surface area contributed by atoms with Crippen molar-refractivity contribution in [2.75, 3.05) is 0 Å². The van der Waals surface area contributed by atoms with Gasteiger partial charge in [-0.25, -0.2) is 0 Å². The minimum atomic E-state index is 0.779. The molecule has 1 rings (SSSR count). The Morgan fingerprint density at radius 3 is 2.93 bits per heavy atom. The zero-order valence-electron chi connectivity index (χ0n) is 9.62. The molecule has 1 N–H and O–H groups in total. The molecule has 0 radical (unpaired) electrons. The van der Waals surface area contributed by atoms with Crippen molar-refractivity contribution in [3.63, 3.8) is 0 Å². The Balaban J connectivity index is 2.50. The van der Waals surface area contributed by atoms with E-state index in [9.17, 15) is 0 Å². The van der Waals surface area contributed by atoms with Crippen molar-refractivity contribution in [1.29, 1.82) is 0 Å². The molecule has 1 heterocycles. The van der Waals surface area contributed by atoms with Gasteiger partial charge in [0.2, 0.25) is 0 Å². The summed E-state index contributed by atoms with van der Waals surface area (Å²) < 4.78 is 0. The molecule has 0 fully saturated rings. The second kappa shape index (κ2) is 6.02. The smallest absolute Gasteiger partial charge is 0.0597 e. The van der Waals surface area contributed by atoms with Crippen molar-refractivity contribution in [1.82, 2.24) is 10.3 Å². The quantitative estimate of drug-likeness (QED) is 0.759. The SMILES string of the molecule is C/C=C\C=C(\C)NCc1cccc(C)n1. The van der Waals surface area contributed by atoms with E-state index in [1.54, 1.807) is 0 Å². The summed E-state index contributed by atoms with van der Waals surface area (Å²) in [7, 11) is 0. The molecule has 0 atom stereocenters. The van der Waals surface area contributed by atoms with Crippen LogP contribution in [0.4, 0.5) is 0 Å². The van der Waals surface area contributed by atoms with E-state index in [0.717, 1.165) is 23.6 Å². The van der Waals surface area contributed by atoms with E-state index in [1.807, 2.05) is 44.2 Å². The summed E-state index contributed by atoms with van der Waals surface area (Å²) in [5.41, 5.74) is 3.28. The molecule has 0 aliphatic rings. The van der Waals surface area contributed by atoms with Crippen LogP contribution in [0, 0.1) is 6.92 Å². The lowest BCUT2D eigenvalue weighted by Crippen LogP contribution is -2.11. The number of nitrogens with zero attached hydrogens (tertiary/aromatic N) is 1. The van der Waals surface area contributed by atoms with Crippen molar-refractivity contribution in [3.8, 4) is 0 Å². The average Bonchev–Trinajstić information content (AvgIpc) is 2.23. The largest absolute Gasteiger partial charge is 0.383 e. The maximum atomic E-state index is 4.42. The van der Waals surface area contributed by atoms with E-state index < -0.39 is 0 Å². The first-order valence-corrected chi connectivity index (χ1v) is 5.18. The number of allylic oxidation sites excluding steroid dienone is 4. The number of aromatic nitrogens is 1. The summed E-state index contributed by atoms with van der Waals surface area (Å²) >= 11 is 0. The lowest BCUT2D eigenvalue weighted by molar-refractivity contribution is 0.783. The van der Waals surface area contributed by atoms with Gasteiger partial charge in [0.05, 0.1) is 12.2 Å². The van der Waals surface area contributed by atoms with Crippen LogP contribution < -0.4 is 5.32 Å². The molecule has 0 saturated heterocycles. The maximum absolute atomic E-state index is 4.42. The van der Waals surface area contributed by atoms with Crippen molar-refractivity contribution >= 4 is 0 Å². The van der Waals surface area contributed by atoms with E-state index in [2.05, 4.69) is 23.3 Å². The highest BCUT2D eigenvalue weighted by Crippen LogP contribution is 1.99. The average molecular weight is 202 g/mol. The Labute approximate surface area is 91.7 Å². The molecule has 0 amide bonds. The van der Waals surface area contributed by atoms with Gasteiger partial charge in [0, 0.05) is 11.4 Å². The van der Waals surface area contributed by atoms with E-state index in [-0.39, 0.29) is 0 Å². The van der Waals surface area contributed by atoms with Crippen molar-refractivity contribution in [2.24, 2.45) is 0 Å². The molecule has 0 saturated carbocycles. The van der Waals surface area contributed by atoms with E-state index in [4.69, 9.17) is 0 Å². The van der Waals surface area contributed by atoms with Crippen LogP contribution >= 0.6 is 0 Å². The summed E-state index contributed by atoms with van der Waals surface area (Å²) in [6, 6.07) is 6.07. The Kier molecular flexibility index (Phi) is 4.61. The van der Waals surface area contributed by atoms with E-state index in [1.165, 1.54) is 0 Å². The van der Waals surface area contributed by atoms with Crippen LogP contribution in [0.5, 0.6) is 0 Å². The molecule has 0 aliphatic heterocycles. The Bertz CT molecular complexity index is 365. The van der Waals surface area contributed by atoms with E-state index in [0.29, 0.717) is 0 Å². The normalized spacial score (nSPS) is 12.1. The van der Waals surface area contributed by atoms with Gasteiger partial charge >= 0.3 is 0 Å². The first-order chi connectivity index (χ1) is 7.22. The van der Waals surface area contributed by atoms with Crippen LogP contribution in [0.15, 0.2) is 42.1 Å². The van der Waals surface area contributed by atoms with Gasteiger partial charge in [-0.3, -0.25) is 4.98 Å². The Morgan fingerprint density at radius 1 is 1.47 bits per heavy atom. The highest BCUT2D eigenvalue weighted by atomic mass is 14.9. The fourth-order valence-corrected chi connectivity index (χ4v) is 1.23. The van der Waals surface area contributed by atoms with Crippen LogP contribution in [-0.2, 0) is 6.54 Å². The summed E-state index contributed by atoms with van der Waals surface area (Å²) in [6.45, 7) is 6.84. The van der Waals surface area contributed by atoms with Crippen molar-refractivity contribution in [3.05, 3.63) is 53.5 Å². The van der Waals surface area contributed by atoms with Gasteiger partial charge < -0.3 is 5.32 Å². The number of nitrogens with one attached hydrogen (secondary N) is 1. The van der Waals surface area contributed by atoms with Gasteiger partial charge in [-0.15, -0.1) is 0 Å². The third kappa shape index (κ3) is 4.45. The van der Waals surface area contributed by atoms with Gasteiger partial charge in [-0.2, -0.15) is 0 Å². The fourth-order valence-electron chi connectivity index (χ4n) is 1.23. The number of hydrogen-bond donors (Lipinski definition) is 1. The predicted octanol–water partition coefficient (Wildman–Crippen LogP) is 2.96. The topological polar surface area (TPSA) is 24.9 Å². The van der Waals surface area contributed by atoms with Crippen LogP contribution in [0.2, 0.25) is 0 Å². The summed E-state index contributed by atoms with van der Waals surface area (Å²) in [6.07, 6.45) is 6.08. The summed E-state index contributed by atoms with van der Waals surface area (Å²) in [5.74, 6) is 0. The first kappa shape index (κ1) is 11.5. The number of pyridine rings is 1. The van der Waals surface area contributed by atoms with E-state index >= 15 is 0 Å². The standard InChI is InChI=1S/C13H18N2/c1-4-5-7-11(2)14-10-13-9-6-8-12(3)15-13/h4-9,14H,10H2,1-3H3/b5-4-,11-7-. The van der Waals surface area contributed by atoms with Crippen molar-refractivity contribution < 1.29 is 0 Å². The zero-order valence-corrected chi connectivity index (χ0v) is 9.62. The minimum Gasteiger partial charge on any atom is -0.383 e. The fraction of sp³-hybridized carbons (Fsp3) is 0.308. The second-order valence-corrected chi connectivity index (χ2v) is 3.50. The molecule has 0 unspecified atom stereocenters. The molecule has 0 spiro atoms. The highest BCUT2D eigenvalue weighted by Gasteiger charge is 1.93. The third-order valence-electron chi connectivity index (χ3n) is 2.03. The van der Waals surface area contributed by atoms with Gasteiger partial charge in [-0.05, 0) is 39.0 Å². The number of aryl methyl sites for hydroxylation is 1. The molecule has 0 aromatic carbocycles. The molecule has 80 valence electrons. The predicted molar refractivity (Wildman–Crippen MR) is 64.4 cm³/mol. The molecule has 2 nitrogen and oxygen atoms in total. The number of rotatable bonds is 4. The summed E-state index contributed by atoms with van der Waals surface area (Å²) in [4.78, 5) is 4.42. The molecule has 15 heavy (non-hydrogen) atoms. The molecule has 2 heteroatoms. The molecule has 1 aromatic rings. The Hall–Kier alpha value is -1.57. The maximum Gasteiger partial charge on any atom is 0.0597 e. The third-order valence-corrected chi connectivity index (χ3v) is 2.03. The van der Waals surface area contributed by atoms with Crippen LogP contribution in [0.25, 0.3) is 0 Å². The molecule has 0 bridgehead atoms. The van der Waals surface area contributed by atoms with Gasteiger partial charge in [-0.1, -0.05) is 18.2 Å². The highest BCUT2D eigenvalue weighted by molar-refractivity contribution is 5.12.